The predicted molar refractivity (Wildman–Crippen MR) is 207 cm³/mol. The maximum atomic E-state index is 13.7. The normalized spacial score (nSPS) is 13.1. The highest BCUT2D eigenvalue weighted by atomic mass is 32.2. The van der Waals surface area contributed by atoms with Crippen LogP contribution in [0.2, 0.25) is 0 Å². The molecule has 0 atom stereocenters. The van der Waals surface area contributed by atoms with Gasteiger partial charge in [0.05, 0.1) is 21.3 Å². The monoisotopic (exact) mass is 1040 g/mol. The van der Waals surface area contributed by atoms with Crippen LogP contribution in [0.3, 0.4) is 0 Å². The molecule has 0 spiro atoms. The van der Waals surface area contributed by atoms with Crippen LogP contribution in [-0.2, 0) is 51.8 Å². The van der Waals surface area contributed by atoms with Crippen molar-refractivity contribution in [2.24, 2.45) is 19.8 Å². The maximum Gasteiger partial charge on any atom is 0.471 e. The van der Waals surface area contributed by atoms with Gasteiger partial charge in [0.25, 0.3) is 0 Å². The van der Waals surface area contributed by atoms with Crippen molar-refractivity contribution in [2.45, 2.75) is 54.0 Å². The maximum absolute atomic E-state index is 13.7. The van der Waals surface area contributed by atoms with E-state index in [2.05, 4.69) is 55.0 Å². The molecule has 0 unspecified atom stereocenters. The fourth-order valence-corrected chi connectivity index (χ4v) is 7.84. The Labute approximate surface area is 375 Å². The summed E-state index contributed by atoms with van der Waals surface area (Å²) in [6.07, 6.45) is -14.8. The van der Waals surface area contributed by atoms with Crippen LogP contribution in [0.5, 0.6) is 0 Å². The lowest BCUT2D eigenvalue weighted by Gasteiger charge is -2.17. The van der Waals surface area contributed by atoms with Crippen LogP contribution in [-0.4, -0.2) is 112 Å². The van der Waals surface area contributed by atoms with Gasteiger partial charge in [-0.1, -0.05) is 19.0 Å². The van der Waals surface area contributed by atoms with Crippen LogP contribution in [0.4, 0.5) is 57.1 Å². The van der Waals surface area contributed by atoms with Crippen molar-refractivity contribution >= 4 is 47.8 Å². The van der Waals surface area contributed by atoms with E-state index in [1.54, 1.807) is 0 Å². The molecule has 0 amide bonds. The molecular formula is C34H27F13N14O6S2. The van der Waals surface area contributed by atoms with Gasteiger partial charge in [-0.25, -0.2) is 26.8 Å². The zero-order chi connectivity index (χ0) is 50.9. The van der Waals surface area contributed by atoms with E-state index in [0.29, 0.717) is 12.1 Å². The SMILES string of the molecule is CCS(=O)(=O)c1cc(-c2noc(C(F)(F)F)n2)cnc1-c1nc2cc(C(F)(F)C(F)(F)F)nnc2n1C.CCS(=O)(=O)c1cc(C(=N)N)cnc1-c1nc2cc(C(F)(F)C(F)(F)F)nnc2n1C.O. The lowest BCUT2D eigenvalue weighted by Crippen LogP contribution is -2.34. The van der Waals surface area contributed by atoms with Gasteiger partial charge in [0.15, 0.2) is 42.6 Å². The highest BCUT2D eigenvalue weighted by Gasteiger charge is 2.61. The molecule has 0 saturated heterocycles. The molecule has 5 N–H and O–H groups in total. The molecular weight excluding hydrogens is 1010 g/mol. The molecule has 0 bridgehead atoms. The Balaban J connectivity index is 0.000000258. The third kappa shape index (κ3) is 9.68. The number of nitrogens with one attached hydrogen (secondary N) is 1. The number of amidine groups is 1. The average Bonchev–Trinajstić information content (AvgIpc) is 3.98. The van der Waals surface area contributed by atoms with E-state index >= 15 is 0 Å². The van der Waals surface area contributed by atoms with Crippen LogP contribution in [0.25, 0.3) is 56.8 Å². The van der Waals surface area contributed by atoms with Gasteiger partial charge in [-0.05, 0) is 24.3 Å². The summed E-state index contributed by atoms with van der Waals surface area (Å²) in [5, 5.41) is 23.3. The number of alkyl halides is 13. The van der Waals surface area contributed by atoms with Gasteiger partial charge in [-0.3, -0.25) is 15.4 Å². The van der Waals surface area contributed by atoms with Crippen molar-refractivity contribution in [3.63, 3.8) is 0 Å². The number of aromatic nitrogens is 12. The fraction of sp³-hybridized carbons (Fsp3) is 0.324. The molecule has 7 rings (SSSR count). The molecule has 7 heterocycles. The second-order valence-electron chi connectivity index (χ2n) is 13.8. The number of hydrogen-bond acceptors (Lipinski definition) is 16. The molecule has 69 heavy (non-hydrogen) atoms. The summed E-state index contributed by atoms with van der Waals surface area (Å²) in [6.45, 7) is 2.62. The van der Waals surface area contributed by atoms with E-state index < -0.39 is 101 Å². The molecule has 0 aromatic carbocycles. The van der Waals surface area contributed by atoms with Crippen molar-refractivity contribution in [1.29, 1.82) is 5.41 Å². The number of sulfone groups is 2. The van der Waals surface area contributed by atoms with E-state index in [1.807, 2.05) is 0 Å². The van der Waals surface area contributed by atoms with Gasteiger partial charge >= 0.3 is 36.3 Å². The molecule has 0 fully saturated rings. The first kappa shape index (κ1) is 52.9. The van der Waals surface area contributed by atoms with E-state index in [9.17, 15) is 73.9 Å². The zero-order valence-corrected chi connectivity index (χ0v) is 36.2. The number of pyridine rings is 2. The summed E-state index contributed by atoms with van der Waals surface area (Å²) in [4.78, 5) is 18.1. The minimum absolute atomic E-state index is 0. The zero-order valence-electron chi connectivity index (χ0n) is 34.6. The quantitative estimate of drug-likeness (QED) is 0.100. The summed E-state index contributed by atoms with van der Waals surface area (Å²) in [5.41, 5.74) is -0.179. The Hall–Kier alpha value is -7.04. The number of hydrogen-bond donors (Lipinski definition) is 2. The van der Waals surface area contributed by atoms with Crippen LogP contribution >= 0.6 is 0 Å². The molecule has 0 aliphatic carbocycles. The van der Waals surface area contributed by atoms with Crippen molar-refractivity contribution in [3.8, 4) is 34.4 Å². The van der Waals surface area contributed by atoms with E-state index in [4.69, 9.17) is 11.1 Å². The minimum atomic E-state index is -5.96. The number of aryl methyl sites for hydroxylation is 2. The lowest BCUT2D eigenvalue weighted by atomic mass is 10.2. The topological polar surface area (TPSA) is 302 Å². The minimum Gasteiger partial charge on any atom is -0.412 e. The van der Waals surface area contributed by atoms with Crippen LogP contribution < -0.4 is 5.73 Å². The molecule has 372 valence electrons. The van der Waals surface area contributed by atoms with Crippen LogP contribution in [0, 0.1) is 5.41 Å². The Morgan fingerprint density at radius 3 is 1.45 bits per heavy atom. The van der Waals surface area contributed by atoms with Gasteiger partial charge in [0, 0.05) is 37.6 Å². The van der Waals surface area contributed by atoms with Crippen molar-refractivity contribution in [1.82, 2.24) is 59.6 Å². The number of nitrogens with two attached hydrogens (primary N) is 1. The van der Waals surface area contributed by atoms with Gasteiger partial charge in [0.2, 0.25) is 5.82 Å². The van der Waals surface area contributed by atoms with Crippen LogP contribution in [0.15, 0.2) is 51.0 Å². The third-order valence-electron chi connectivity index (χ3n) is 9.39. The number of halogens is 13. The largest absolute Gasteiger partial charge is 0.471 e. The first-order valence-corrected chi connectivity index (χ1v) is 21.5. The Kier molecular flexibility index (Phi) is 13.7. The molecule has 20 nitrogen and oxygen atoms in total. The molecule has 7 aromatic heterocycles. The summed E-state index contributed by atoms with van der Waals surface area (Å²) in [5.74, 6) is -14.7. The summed E-state index contributed by atoms with van der Waals surface area (Å²) in [7, 11) is -5.49. The number of fused-ring (bicyclic) bond motifs is 2. The highest BCUT2D eigenvalue weighted by molar-refractivity contribution is 7.91. The van der Waals surface area contributed by atoms with Gasteiger partial charge < -0.3 is 24.9 Å². The standard InChI is InChI=1S/C18H11F8N7O3S.C16H14F5N7O2S.H2O/c1-3-37(34,35)9-4-7(12-29-15(36-32-12)17(21,22)23)6-27-11(9)14-28-8-5-10(16(19,20)18(24,25)26)30-31-13(8)33(14)2;1-3-31(29,30)9-4-7(12(22)23)6-24-11(9)14-25-8-5-10(15(17,18)16(19,20)21)26-27-13(8)28(14)2;/h4-6H,3H2,1-2H3;4-6H,3H2,1-2H3,(H3,22,23);1H2. The van der Waals surface area contributed by atoms with E-state index in [-0.39, 0.29) is 61.4 Å². The molecule has 0 saturated carbocycles. The first-order chi connectivity index (χ1) is 31.2. The second-order valence-corrected chi connectivity index (χ2v) is 18.3. The third-order valence-corrected chi connectivity index (χ3v) is 12.9. The molecule has 7 aromatic rings. The molecule has 0 aliphatic heterocycles. The number of imidazole rings is 2. The molecule has 0 radical (unpaired) electrons. The van der Waals surface area contributed by atoms with Crippen molar-refractivity contribution in [3.05, 3.63) is 59.5 Å². The molecule has 35 heteroatoms. The first-order valence-electron chi connectivity index (χ1n) is 18.2. The second kappa shape index (κ2) is 17.8. The predicted octanol–water partition coefficient (Wildman–Crippen LogP) is 5.27. The summed E-state index contributed by atoms with van der Waals surface area (Å²) >= 11 is 0. The summed E-state index contributed by atoms with van der Waals surface area (Å²) in [6, 6.07) is 2.79. The fourth-order valence-electron chi connectivity index (χ4n) is 5.73. The number of nitrogen functional groups attached to an aromatic ring is 1. The van der Waals surface area contributed by atoms with Gasteiger partial charge in [-0.2, -0.15) is 62.1 Å². The molecule has 0 aliphatic rings. The average molecular weight is 1040 g/mol. The Morgan fingerprint density at radius 1 is 0.652 bits per heavy atom. The smallest absolute Gasteiger partial charge is 0.412 e. The number of nitrogens with zero attached hydrogens (tertiary/aromatic N) is 12. The van der Waals surface area contributed by atoms with Gasteiger partial charge in [0.1, 0.15) is 39.6 Å². The van der Waals surface area contributed by atoms with Crippen molar-refractivity contribution in [2.75, 3.05) is 11.5 Å². The van der Waals surface area contributed by atoms with Gasteiger partial charge in [-0.15, -0.1) is 20.4 Å². The number of rotatable bonds is 10. The summed E-state index contributed by atoms with van der Waals surface area (Å²) < 4.78 is 226. The van der Waals surface area contributed by atoms with E-state index in [1.165, 1.54) is 27.9 Å². The lowest BCUT2D eigenvalue weighted by molar-refractivity contribution is -0.291. The highest BCUT2D eigenvalue weighted by Crippen LogP contribution is 2.45. The Bertz CT molecular complexity index is 3350. The van der Waals surface area contributed by atoms with Crippen LogP contribution in [0.1, 0.15) is 36.7 Å². The Morgan fingerprint density at radius 2 is 1.07 bits per heavy atom. The van der Waals surface area contributed by atoms with E-state index in [0.717, 1.165) is 33.7 Å². The van der Waals surface area contributed by atoms with Crippen molar-refractivity contribution < 1.29 is 83.9 Å².